The molecule has 2 aromatic carbocycles. The first-order valence-corrected chi connectivity index (χ1v) is 8.06. The van der Waals surface area contributed by atoms with Gasteiger partial charge in [-0.3, -0.25) is 9.59 Å². The van der Waals surface area contributed by atoms with Crippen LogP contribution in [-0.4, -0.2) is 41.2 Å². The Morgan fingerprint density at radius 3 is 2.67 bits per heavy atom. The molecule has 1 atom stereocenters. The van der Waals surface area contributed by atoms with Crippen LogP contribution in [0.3, 0.4) is 0 Å². The zero-order chi connectivity index (χ0) is 16.7. The molecular formula is C19H17FN2O2. The fourth-order valence-corrected chi connectivity index (χ4v) is 3.63. The van der Waals surface area contributed by atoms with Crippen molar-refractivity contribution in [1.29, 1.82) is 0 Å². The van der Waals surface area contributed by atoms with E-state index in [1.807, 2.05) is 23.1 Å². The molecule has 0 unspecified atom stereocenters. The number of benzene rings is 2. The van der Waals surface area contributed by atoms with Crippen LogP contribution in [0.25, 0.3) is 0 Å². The molecule has 2 aromatic rings. The Morgan fingerprint density at radius 1 is 1.08 bits per heavy atom. The SMILES string of the molecule is O=C(c1ccccc1F)N1CC(=O)N2CCc3ccccc3[C@@H]2C1. The zero-order valence-electron chi connectivity index (χ0n) is 13.1. The van der Waals surface area contributed by atoms with E-state index < -0.39 is 11.7 Å². The standard InChI is InChI=1S/C19H17FN2O2/c20-16-8-4-3-7-15(16)19(24)21-11-17-14-6-2-1-5-13(14)9-10-22(17)18(23)12-21/h1-8,17H,9-12H2/t17-/m0/s1. The molecule has 1 fully saturated rings. The minimum absolute atomic E-state index is 0.00579. The molecule has 0 aliphatic carbocycles. The van der Waals surface area contributed by atoms with Crippen molar-refractivity contribution in [1.82, 2.24) is 9.80 Å². The molecule has 2 aliphatic rings. The van der Waals surface area contributed by atoms with Gasteiger partial charge in [0.05, 0.1) is 11.6 Å². The van der Waals surface area contributed by atoms with E-state index in [2.05, 4.69) is 6.07 Å². The summed E-state index contributed by atoms with van der Waals surface area (Å²) in [6.07, 6.45) is 0.833. The second kappa shape index (κ2) is 5.74. The predicted molar refractivity (Wildman–Crippen MR) is 86.9 cm³/mol. The highest BCUT2D eigenvalue weighted by atomic mass is 19.1. The van der Waals surface area contributed by atoms with E-state index in [-0.39, 0.29) is 24.1 Å². The van der Waals surface area contributed by atoms with E-state index in [9.17, 15) is 14.0 Å². The van der Waals surface area contributed by atoms with Gasteiger partial charge in [0.2, 0.25) is 5.91 Å². The Bertz CT molecular complexity index is 821. The van der Waals surface area contributed by atoms with Gasteiger partial charge in [0, 0.05) is 13.1 Å². The summed E-state index contributed by atoms with van der Waals surface area (Å²) in [5.41, 5.74) is 2.32. The van der Waals surface area contributed by atoms with Gasteiger partial charge in [-0.25, -0.2) is 4.39 Å². The van der Waals surface area contributed by atoms with Gasteiger partial charge >= 0.3 is 0 Å². The molecule has 24 heavy (non-hydrogen) atoms. The van der Waals surface area contributed by atoms with E-state index in [0.717, 1.165) is 12.0 Å². The summed E-state index contributed by atoms with van der Waals surface area (Å²) >= 11 is 0. The lowest BCUT2D eigenvalue weighted by Gasteiger charge is -2.44. The van der Waals surface area contributed by atoms with Gasteiger partial charge in [-0.1, -0.05) is 36.4 Å². The summed E-state index contributed by atoms with van der Waals surface area (Å²) in [6.45, 7) is 1.07. The molecule has 5 heteroatoms. The summed E-state index contributed by atoms with van der Waals surface area (Å²) in [5, 5.41) is 0. The monoisotopic (exact) mass is 324 g/mol. The summed E-state index contributed by atoms with van der Waals surface area (Å²) in [4.78, 5) is 28.5. The third-order valence-corrected chi connectivity index (χ3v) is 4.84. The summed E-state index contributed by atoms with van der Waals surface area (Å²) in [6, 6.07) is 13.8. The minimum Gasteiger partial charge on any atom is -0.332 e. The second-order valence-corrected chi connectivity index (χ2v) is 6.22. The lowest BCUT2D eigenvalue weighted by atomic mass is 9.90. The highest BCUT2D eigenvalue weighted by Crippen LogP contribution is 2.33. The molecule has 0 bridgehead atoms. The smallest absolute Gasteiger partial charge is 0.257 e. The number of piperazine rings is 1. The molecule has 0 spiro atoms. The summed E-state index contributed by atoms with van der Waals surface area (Å²) in [5.74, 6) is -1.06. The molecular weight excluding hydrogens is 307 g/mol. The largest absolute Gasteiger partial charge is 0.332 e. The van der Waals surface area contributed by atoms with Gasteiger partial charge in [-0.05, 0) is 29.7 Å². The van der Waals surface area contributed by atoms with Gasteiger partial charge in [-0.15, -0.1) is 0 Å². The molecule has 2 aliphatic heterocycles. The summed E-state index contributed by atoms with van der Waals surface area (Å²) < 4.78 is 13.9. The lowest BCUT2D eigenvalue weighted by molar-refractivity contribution is -0.139. The number of nitrogens with zero attached hydrogens (tertiary/aromatic N) is 2. The molecule has 122 valence electrons. The van der Waals surface area contributed by atoms with Crippen LogP contribution in [0.15, 0.2) is 48.5 Å². The van der Waals surface area contributed by atoms with Crippen molar-refractivity contribution < 1.29 is 14.0 Å². The van der Waals surface area contributed by atoms with Crippen LogP contribution in [-0.2, 0) is 11.2 Å². The molecule has 2 heterocycles. The highest BCUT2D eigenvalue weighted by Gasteiger charge is 2.38. The molecule has 4 rings (SSSR count). The fraction of sp³-hybridized carbons (Fsp3) is 0.263. The first-order chi connectivity index (χ1) is 11.6. The topological polar surface area (TPSA) is 40.6 Å². The highest BCUT2D eigenvalue weighted by molar-refractivity contribution is 5.97. The maximum atomic E-state index is 13.9. The fourth-order valence-electron chi connectivity index (χ4n) is 3.63. The Morgan fingerprint density at radius 2 is 1.83 bits per heavy atom. The number of carbonyl (C=O) groups excluding carboxylic acids is 2. The van der Waals surface area contributed by atoms with Crippen molar-refractivity contribution in [2.45, 2.75) is 12.5 Å². The lowest BCUT2D eigenvalue weighted by Crippen LogP contribution is -2.55. The van der Waals surface area contributed by atoms with Crippen LogP contribution in [0.4, 0.5) is 4.39 Å². The average Bonchev–Trinajstić information content (AvgIpc) is 2.61. The van der Waals surface area contributed by atoms with Crippen LogP contribution < -0.4 is 0 Å². The van der Waals surface area contributed by atoms with Crippen LogP contribution in [0.5, 0.6) is 0 Å². The van der Waals surface area contributed by atoms with Crippen LogP contribution in [0.1, 0.15) is 27.5 Å². The Hall–Kier alpha value is -2.69. The van der Waals surface area contributed by atoms with Crippen LogP contribution >= 0.6 is 0 Å². The maximum absolute atomic E-state index is 13.9. The number of carbonyl (C=O) groups is 2. The number of hydrogen-bond donors (Lipinski definition) is 0. The molecule has 0 radical (unpaired) electrons. The van der Waals surface area contributed by atoms with Gasteiger partial charge in [0.25, 0.3) is 5.91 Å². The molecule has 0 N–H and O–H groups in total. The maximum Gasteiger partial charge on any atom is 0.257 e. The first kappa shape index (κ1) is 14.9. The van der Waals surface area contributed by atoms with E-state index >= 15 is 0 Å². The van der Waals surface area contributed by atoms with Crippen molar-refractivity contribution in [2.24, 2.45) is 0 Å². The minimum atomic E-state index is -0.554. The van der Waals surface area contributed by atoms with Crippen molar-refractivity contribution in [3.63, 3.8) is 0 Å². The third-order valence-electron chi connectivity index (χ3n) is 4.84. The van der Waals surface area contributed by atoms with Crippen molar-refractivity contribution in [3.8, 4) is 0 Å². The van der Waals surface area contributed by atoms with Crippen molar-refractivity contribution >= 4 is 11.8 Å². The van der Waals surface area contributed by atoms with Gasteiger partial charge in [0.15, 0.2) is 0 Å². The Kier molecular flexibility index (Phi) is 3.56. The Balaban J connectivity index is 1.66. The van der Waals surface area contributed by atoms with Crippen molar-refractivity contribution in [2.75, 3.05) is 19.6 Å². The van der Waals surface area contributed by atoms with Gasteiger partial charge < -0.3 is 9.80 Å². The quantitative estimate of drug-likeness (QED) is 0.808. The third kappa shape index (κ3) is 2.37. The van der Waals surface area contributed by atoms with E-state index in [4.69, 9.17) is 0 Å². The van der Waals surface area contributed by atoms with Crippen LogP contribution in [0, 0.1) is 5.82 Å². The Labute approximate surface area is 139 Å². The van der Waals surface area contributed by atoms with Crippen LogP contribution in [0.2, 0.25) is 0 Å². The molecule has 0 saturated carbocycles. The molecule has 1 saturated heterocycles. The number of fused-ring (bicyclic) bond motifs is 3. The van der Waals surface area contributed by atoms with E-state index in [0.29, 0.717) is 13.1 Å². The second-order valence-electron chi connectivity index (χ2n) is 6.22. The van der Waals surface area contributed by atoms with Crippen molar-refractivity contribution in [3.05, 3.63) is 71.0 Å². The zero-order valence-corrected chi connectivity index (χ0v) is 13.1. The van der Waals surface area contributed by atoms with E-state index in [1.165, 1.54) is 22.6 Å². The number of halogens is 1. The first-order valence-electron chi connectivity index (χ1n) is 8.06. The number of amides is 2. The molecule has 0 aromatic heterocycles. The number of rotatable bonds is 1. The summed E-state index contributed by atoms with van der Waals surface area (Å²) in [7, 11) is 0. The van der Waals surface area contributed by atoms with Gasteiger partial charge in [-0.2, -0.15) is 0 Å². The molecule has 2 amide bonds. The normalized spacial score (nSPS) is 19.7. The van der Waals surface area contributed by atoms with Gasteiger partial charge in [0.1, 0.15) is 12.4 Å². The van der Waals surface area contributed by atoms with E-state index in [1.54, 1.807) is 12.1 Å². The number of hydrogen-bond acceptors (Lipinski definition) is 2. The molecule has 4 nitrogen and oxygen atoms in total. The predicted octanol–water partition coefficient (Wildman–Crippen LogP) is 2.41. The average molecular weight is 324 g/mol.